The van der Waals surface area contributed by atoms with Crippen molar-refractivity contribution in [2.75, 3.05) is 43.9 Å². The second kappa shape index (κ2) is 6.98. The molecule has 0 saturated carbocycles. The number of para-hydroxylation sites is 2. The van der Waals surface area contributed by atoms with Crippen LogP contribution in [-0.2, 0) is 14.8 Å². The number of nitrogens with zero attached hydrogens (tertiary/aromatic N) is 2. The number of benzene rings is 1. The molecule has 1 unspecified atom stereocenters. The van der Waals surface area contributed by atoms with Crippen LogP contribution in [0, 0.1) is 0 Å². The molecular formula is C16H23N3O4S. The molecule has 0 bridgehead atoms. The Morgan fingerprint density at radius 2 is 2.00 bits per heavy atom. The molecule has 0 aliphatic carbocycles. The van der Waals surface area contributed by atoms with Gasteiger partial charge in [0.15, 0.2) is 6.10 Å². The standard InChI is InChI=1S/C16H23N3O4S/c1-18-12-15(23-14-7-3-2-6-13(14)18)16(20)17-8-11-24(21,22)19-9-4-5-10-19/h2-3,6-7,15H,4-5,8-12H2,1H3,(H,17,20). The van der Waals surface area contributed by atoms with Gasteiger partial charge in [-0.15, -0.1) is 0 Å². The fraction of sp³-hybridized carbons (Fsp3) is 0.562. The summed E-state index contributed by atoms with van der Waals surface area (Å²) in [4.78, 5) is 14.3. The zero-order chi connectivity index (χ0) is 17.2. The van der Waals surface area contributed by atoms with Crippen LogP contribution in [0.1, 0.15) is 12.8 Å². The lowest BCUT2D eigenvalue weighted by molar-refractivity contribution is -0.127. The van der Waals surface area contributed by atoms with E-state index in [0.29, 0.717) is 25.4 Å². The number of amides is 1. The Morgan fingerprint density at radius 1 is 1.29 bits per heavy atom. The number of sulfonamides is 1. The Hall–Kier alpha value is -1.80. The molecule has 24 heavy (non-hydrogen) atoms. The van der Waals surface area contributed by atoms with Gasteiger partial charge in [0, 0.05) is 26.7 Å². The Bertz CT molecular complexity index is 701. The third-order valence-electron chi connectivity index (χ3n) is 4.40. The predicted molar refractivity (Wildman–Crippen MR) is 91.7 cm³/mol. The first kappa shape index (κ1) is 17.0. The highest BCUT2D eigenvalue weighted by Gasteiger charge is 2.29. The molecule has 132 valence electrons. The van der Waals surface area contributed by atoms with E-state index in [1.165, 1.54) is 4.31 Å². The van der Waals surface area contributed by atoms with E-state index in [1.807, 2.05) is 36.2 Å². The van der Waals surface area contributed by atoms with Crippen LogP contribution in [0.4, 0.5) is 5.69 Å². The van der Waals surface area contributed by atoms with Gasteiger partial charge in [-0.25, -0.2) is 12.7 Å². The second-order valence-electron chi connectivity index (χ2n) is 6.17. The van der Waals surface area contributed by atoms with Crippen molar-refractivity contribution >= 4 is 21.6 Å². The van der Waals surface area contributed by atoms with Crippen LogP contribution in [0.5, 0.6) is 5.75 Å². The van der Waals surface area contributed by atoms with Gasteiger partial charge in [0.1, 0.15) is 5.75 Å². The van der Waals surface area contributed by atoms with Crippen molar-refractivity contribution in [3.8, 4) is 5.75 Å². The van der Waals surface area contributed by atoms with Crippen molar-refractivity contribution in [1.82, 2.24) is 9.62 Å². The van der Waals surface area contributed by atoms with Gasteiger partial charge >= 0.3 is 0 Å². The summed E-state index contributed by atoms with van der Waals surface area (Å²) in [6.45, 7) is 1.71. The van der Waals surface area contributed by atoms with Gasteiger partial charge in [-0.1, -0.05) is 12.1 Å². The van der Waals surface area contributed by atoms with E-state index < -0.39 is 16.1 Å². The van der Waals surface area contributed by atoms with Crippen molar-refractivity contribution in [1.29, 1.82) is 0 Å². The van der Waals surface area contributed by atoms with E-state index in [-0.39, 0.29) is 18.2 Å². The summed E-state index contributed by atoms with van der Waals surface area (Å²) in [5.74, 6) is 0.307. The van der Waals surface area contributed by atoms with Crippen LogP contribution >= 0.6 is 0 Å². The maximum Gasteiger partial charge on any atom is 0.262 e. The van der Waals surface area contributed by atoms with Crippen molar-refractivity contribution in [2.24, 2.45) is 0 Å². The van der Waals surface area contributed by atoms with Gasteiger partial charge in [0.05, 0.1) is 18.0 Å². The van der Waals surface area contributed by atoms with Crippen molar-refractivity contribution in [3.05, 3.63) is 24.3 Å². The number of rotatable bonds is 5. The first-order chi connectivity index (χ1) is 11.5. The molecule has 8 heteroatoms. The van der Waals surface area contributed by atoms with Crippen LogP contribution < -0.4 is 15.0 Å². The molecule has 0 aromatic heterocycles. The Balaban J connectivity index is 1.53. The van der Waals surface area contributed by atoms with Gasteiger partial charge in [-0.05, 0) is 25.0 Å². The van der Waals surface area contributed by atoms with Gasteiger partial charge in [-0.2, -0.15) is 0 Å². The summed E-state index contributed by atoms with van der Waals surface area (Å²) in [5, 5.41) is 2.69. The summed E-state index contributed by atoms with van der Waals surface area (Å²) in [7, 11) is -1.38. The molecule has 1 N–H and O–H groups in total. The molecule has 1 fully saturated rings. The van der Waals surface area contributed by atoms with E-state index in [9.17, 15) is 13.2 Å². The minimum absolute atomic E-state index is 0.0715. The molecule has 2 aliphatic rings. The monoisotopic (exact) mass is 353 g/mol. The molecule has 7 nitrogen and oxygen atoms in total. The van der Waals surface area contributed by atoms with E-state index >= 15 is 0 Å². The maximum absolute atomic E-state index is 12.3. The van der Waals surface area contributed by atoms with Crippen LogP contribution in [0.25, 0.3) is 0 Å². The molecule has 1 aromatic carbocycles. The fourth-order valence-corrected chi connectivity index (χ4v) is 4.49. The highest BCUT2D eigenvalue weighted by molar-refractivity contribution is 7.89. The van der Waals surface area contributed by atoms with E-state index in [4.69, 9.17) is 4.74 Å². The first-order valence-corrected chi connectivity index (χ1v) is 9.81. The SMILES string of the molecule is CN1CC(C(=O)NCCS(=O)(=O)N2CCCC2)Oc2ccccc21. The van der Waals surface area contributed by atoms with Gasteiger partial charge in [-0.3, -0.25) is 4.79 Å². The maximum atomic E-state index is 12.3. The number of carbonyl (C=O) groups is 1. The molecule has 2 aliphatic heterocycles. The Labute approximate surface area is 142 Å². The highest BCUT2D eigenvalue weighted by Crippen LogP contribution is 2.31. The zero-order valence-corrected chi connectivity index (χ0v) is 14.6. The summed E-state index contributed by atoms with van der Waals surface area (Å²) >= 11 is 0. The summed E-state index contributed by atoms with van der Waals surface area (Å²) in [6.07, 6.45) is 1.18. The molecule has 1 atom stereocenters. The third kappa shape index (κ3) is 3.64. The summed E-state index contributed by atoms with van der Waals surface area (Å²) < 4.78 is 31.5. The molecular weight excluding hydrogens is 330 g/mol. The number of carbonyl (C=O) groups excluding carboxylic acids is 1. The summed E-state index contributed by atoms with van der Waals surface area (Å²) in [6, 6.07) is 7.53. The molecule has 1 aromatic rings. The molecule has 3 rings (SSSR count). The molecule has 0 spiro atoms. The zero-order valence-electron chi connectivity index (χ0n) is 13.8. The van der Waals surface area contributed by atoms with Crippen LogP contribution in [0.15, 0.2) is 24.3 Å². The number of nitrogens with one attached hydrogen (secondary N) is 1. The number of hydrogen-bond acceptors (Lipinski definition) is 5. The van der Waals surface area contributed by atoms with Crippen LogP contribution in [0.2, 0.25) is 0 Å². The van der Waals surface area contributed by atoms with Crippen molar-refractivity contribution in [2.45, 2.75) is 18.9 Å². The summed E-state index contributed by atoms with van der Waals surface area (Å²) in [5.41, 5.74) is 0.943. The van der Waals surface area contributed by atoms with Crippen molar-refractivity contribution < 1.29 is 17.9 Å². The number of fused-ring (bicyclic) bond motifs is 1. The average Bonchev–Trinajstić information content (AvgIpc) is 3.10. The lowest BCUT2D eigenvalue weighted by atomic mass is 10.2. The topological polar surface area (TPSA) is 79.0 Å². The number of ether oxygens (including phenoxy) is 1. The molecule has 2 heterocycles. The number of hydrogen-bond donors (Lipinski definition) is 1. The number of anilines is 1. The smallest absolute Gasteiger partial charge is 0.262 e. The van der Waals surface area contributed by atoms with E-state index in [2.05, 4.69) is 5.32 Å². The largest absolute Gasteiger partial charge is 0.477 e. The first-order valence-electron chi connectivity index (χ1n) is 8.20. The molecule has 1 saturated heterocycles. The van der Waals surface area contributed by atoms with Gasteiger partial charge < -0.3 is 15.0 Å². The van der Waals surface area contributed by atoms with Crippen LogP contribution in [-0.4, -0.2) is 63.7 Å². The minimum Gasteiger partial charge on any atom is -0.477 e. The minimum atomic E-state index is -3.28. The average molecular weight is 353 g/mol. The van der Waals surface area contributed by atoms with Crippen LogP contribution in [0.3, 0.4) is 0 Å². The Morgan fingerprint density at radius 3 is 2.75 bits per heavy atom. The number of likely N-dealkylation sites (N-methyl/N-ethyl adjacent to an activating group) is 1. The predicted octanol–water partition coefficient (Wildman–Crippen LogP) is 0.426. The normalized spacial score (nSPS) is 21.2. The van der Waals surface area contributed by atoms with E-state index in [1.54, 1.807) is 0 Å². The lowest BCUT2D eigenvalue weighted by Crippen LogP contribution is -2.49. The van der Waals surface area contributed by atoms with E-state index in [0.717, 1.165) is 18.5 Å². The third-order valence-corrected chi connectivity index (χ3v) is 6.27. The van der Waals surface area contributed by atoms with Gasteiger partial charge in [0.25, 0.3) is 5.91 Å². The quantitative estimate of drug-likeness (QED) is 0.830. The fourth-order valence-electron chi connectivity index (χ4n) is 3.06. The lowest BCUT2D eigenvalue weighted by Gasteiger charge is -2.32. The van der Waals surface area contributed by atoms with Gasteiger partial charge in [0.2, 0.25) is 10.0 Å². The molecule has 1 amide bonds. The van der Waals surface area contributed by atoms with Crippen molar-refractivity contribution in [3.63, 3.8) is 0 Å². The second-order valence-corrected chi connectivity index (χ2v) is 8.26. The molecule has 0 radical (unpaired) electrons. The highest BCUT2D eigenvalue weighted by atomic mass is 32.2. The Kier molecular flexibility index (Phi) is 4.96.